The Morgan fingerprint density at radius 2 is 2.20 bits per heavy atom. The number of likely N-dealkylation sites (tertiary alicyclic amines) is 1. The summed E-state index contributed by atoms with van der Waals surface area (Å²) < 4.78 is 0. The molecule has 1 fully saturated rings. The third kappa shape index (κ3) is 4.16. The van der Waals surface area contributed by atoms with Crippen LogP contribution in [0.2, 0.25) is 0 Å². The molecule has 0 amide bonds. The lowest BCUT2D eigenvalue weighted by Gasteiger charge is -2.29. The molecule has 6 nitrogen and oxygen atoms in total. The maximum atomic E-state index is 10.9. The van der Waals surface area contributed by atoms with Crippen LogP contribution in [0.25, 0.3) is 0 Å². The third-order valence-electron chi connectivity index (χ3n) is 3.62. The number of hydrogen-bond donors (Lipinski definition) is 1. The van der Waals surface area contributed by atoms with Gasteiger partial charge in [0.25, 0.3) is 0 Å². The molecule has 2 rings (SSSR count). The average Bonchev–Trinajstić information content (AvgIpc) is 2.46. The van der Waals surface area contributed by atoms with Crippen molar-refractivity contribution in [3.63, 3.8) is 0 Å². The third-order valence-corrected chi connectivity index (χ3v) is 3.62. The maximum Gasteiger partial charge on any atom is 0.386 e. The van der Waals surface area contributed by atoms with Gasteiger partial charge in [-0.25, -0.2) is 0 Å². The van der Waals surface area contributed by atoms with Crippen LogP contribution in [0.3, 0.4) is 0 Å². The summed E-state index contributed by atoms with van der Waals surface area (Å²) in [6.07, 6.45) is 5.36. The Kier molecular flexibility index (Phi) is 5.29. The lowest BCUT2D eigenvalue weighted by molar-refractivity contribution is -0.388. The highest BCUT2D eigenvalue weighted by Gasteiger charge is 2.16. The van der Waals surface area contributed by atoms with Gasteiger partial charge in [0.2, 0.25) is 0 Å². The van der Waals surface area contributed by atoms with Crippen LogP contribution in [0, 0.1) is 16.0 Å². The predicted molar refractivity (Wildman–Crippen MR) is 78.8 cm³/mol. The van der Waals surface area contributed by atoms with Gasteiger partial charge in [0.05, 0.1) is 0 Å². The standard InChI is InChI=1S/C14H22N4O2/c1-12(11-17-8-3-2-4-9-17)10-16-13-6-5-7-15-14(13)18(19)20/h5-7,12,16H,2-4,8-11H2,1H3. The van der Waals surface area contributed by atoms with E-state index in [2.05, 4.69) is 22.1 Å². The number of rotatable bonds is 6. The monoisotopic (exact) mass is 278 g/mol. The highest BCUT2D eigenvalue weighted by molar-refractivity contribution is 5.56. The van der Waals surface area contributed by atoms with E-state index in [-0.39, 0.29) is 5.82 Å². The van der Waals surface area contributed by atoms with Crippen LogP contribution >= 0.6 is 0 Å². The molecule has 0 radical (unpaired) electrons. The summed E-state index contributed by atoms with van der Waals surface area (Å²) in [5.74, 6) is 0.352. The molecular formula is C14H22N4O2. The summed E-state index contributed by atoms with van der Waals surface area (Å²) in [6.45, 7) is 6.29. The van der Waals surface area contributed by atoms with Crippen molar-refractivity contribution in [3.05, 3.63) is 28.4 Å². The summed E-state index contributed by atoms with van der Waals surface area (Å²) in [4.78, 5) is 16.7. The van der Waals surface area contributed by atoms with E-state index in [0.717, 1.165) is 13.1 Å². The van der Waals surface area contributed by atoms with Crippen molar-refractivity contribution in [2.75, 3.05) is 31.5 Å². The molecule has 6 heteroatoms. The van der Waals surface area contributed by atoms with Crippen LogP contribution < -0.4 is 5.32 Å². The van der Waals surface area contributed by atoms with Gasteiger partial charge in [0, 0.05) is 13.1 Å². The van der Waals surface area contributed by atoms with E-state index in [1.165, 1.54) is 38.5 Å². The van der Waals surface area contributed by atoms with E-state index in [0.29, 0.717) is 11.6 Å². The van der Waals surface area contributed by atoms with Gasteiger partial charge in [-0.1, -0.05) is 13.3 Å². The number of pyridine rings is 1. The van der Waals surface area contributed by atoms with Crippen molar-refractivity contribution >= 4 is 11.5 Å². The molecule has 1 aliphatic heterocycles. The minimum absolute atomic E-state index is 0.0994. The van der Waals surface area contributed by atoms with Gasteiger partial charge in [-0.15, -0.1) is 0 Å². The summed E-state index contributed by atoms with van der Waals surface area (Å²) >= 11 is 0. The van der Waals surface area contributed by atoms with E-state index < -0.39 is 4.92 Å². The molecule has 1 aliphatic rings. The molecule has 0 spiro atoms. The van der Waals surface area contributed by atoms with Crippen LogP contribution in [-0.4, -0.2) is 41.0 Å². The fourth-order valence-corrected chi connectivity index (χ4v) is 2.61. The summed E-state index contributed by atoms with van der Waals surface area (Å²) in [5, 5.41) is 14.0. The molecule has 1 atom stereocenters. The molecule has 0 saturated carbocycles. The van der Waals surface area contributed by atoms with Gasteiger partial charge in [-0.05, 0) is 53.9 Å². The van der Waals surface area contributed by atoms with Crippen molar-refractivity contribution in [1.29, 1.82) is 0 Å². The summed E-state index contributed by atoms with van der Waals surface area (Å²) in [5.41, 5.74) is 0.503. The van der Waals surface area contributed by atoms with Crippen molar-refractivity contribution in [2.24, 2.45) is 5.92 Å². The Hall–Kier alpha value is -1.69. The van der Waals surface area contributed by atoms with Crippen molar-refractivity contribution in [1.82, 2.24) is 9.88 Å². The lowest BCUT2D eigenvalue weighted by atomic mass is 10.1. The zero-order valence-electron chi connectivity index (χ0n) is 11.9. The Balaban J connectivity index is 1.83. The Morgan fingerprint density at radius 1 is 1.45 bits per heavy atom. The quantitative estimate of drug-likeness (QED) is 0.639. The maximum absolute atomic E-state index is 10.9. The fourth-order valence-electron chi connectivity index (χ4n) is 2.61. The smallest absolute Gasteiger partial charge is 0.378 e. The first kappa shape index (κ1) is 14.7. The Labute approximate surface area is 119 Å². The molecule has 2 heterocycles. The van der Waals surface area contributed by atoms with Gasteiger partial charge in [-0.3, -0.25) is 0 Å². The molecule has 1 N–H and O–H groups in total. The van der Waals surface area contributed by atoms with Crippen LogP contribution in [0.4, 0.5) is 11.5 Å². The van der Waals surface area contributed by atoms with E-state index in [9.17, 15) is 10.1 Å². The minimum Gasteiger partial charge on any atom is -0.378 e. The number of nitrogens with one attached hydrogen (secondary N) is 1. The normalized spacial score (nSPS) is 17.6. The van der Waals surface area contributed by atoms with Gasteiger partial charge in [0.1, 0.15) is 11.9 Å². The number of piperidine rings is 1. The van der Waals surface area contributed by atoms with Crippen LogP contribution in [-0.2, 0) is 0 Å². The van der Waals surface area contributed by atoms with Gasteiger partial charge in [0.15, 0.2) is 0 Å². The zero-order chi connectivity index (χ0) is 14.4. The second-order valence-electron chi connectivity index (χ2n) is 5.48. The first-order valence-electron chi connectivity index (χ1n) is 7.22. The molecule has 20 heavy (non-hydrogen) atoms. The number of hydrogen-bond acceptors (Lipinski definition) is 5. The van der Waals surface area contributed by atoms with E-state index in [1.807, 2.05) is 0 Å². The Morgan fingerprint density at radius 3 is 2.90 bits per heavy atom. The number of nitro groups is 1. The van der Waals surface area contributed by atoms with Crippen molar-refractivity contribution in [3.8, 4) is 0 Å². The summed E-state index contributed by atoms with van der Waals surface area (Å²) in [6, 6.07) is 3.42. The first-order chi connectivity index (χ1) is 9.66. The number of anilines is 1. The molecule has 1 saturated heterocycles. The van der Waals surface area contributed by atoms with E-state index in [4.69, 9.17) is 0 Å². The number of aromatic nitrogens is 1. The first-order valence-corrected chi connectivity index (χ1v) is 7.22. The molecule has 1 unspecified atom stereocenters. The Bertz CT molecular complexity index is 447. The fraction of sp³-hybridized carbons (Fsp3) is 0.643. The predicted octanol–water partition coefficient (Wildman–Crippen LogP) is 2.52. The molecule has 1 aromatic heterocycles. The topological polar surface area (TPSA) is 71.3 Å². The van der Waals surface area contributed by atoms with Gasteiger partial charge >= 0.3 is 5.82 Å². The number of nitrogens with zero attached hydrogens (tertiary/aromatic N) is 3. The zero-order valence-corrected chi connectivity index (χ0v) is 11.9. The van der Waals surface area contributed by atoms with Crippen LogP contribution in [0.15, 0.2) is 18.3 Å². The minimum atomic E-state index is -0.447. The second kappa shape index (κ2) is 7.19. The molecule has 0 bridgehead atoms. The second-order valence-corrected chi connectivity index (χ2v) is 5.48. The van der Waals surface area contributed by atoms with Gasteiger partial charge in [-0.2, -0.15) is 0 Å². The van der Waals surface area contributed by atoms with Crippen LogP contribution in [0.1, 0.15) is 26.2 Å². The summed E-state index contributed by atoms with van der Waals surface area (Å²) in [7, 11) is 0. The highest BCUT2D eigenvalue weighted by atomic mass is 16.6. The highest BCUT2D eigenvalue weighted by Crippen LogP contribution is 2.20. The molecule has 0 aromatic carbocycles. The molecule has 1 aromatic rings. The largest absolute Gasteiger partial charge is 0.386 e. The van der Waals surface area contributed by atoms with Gasteiger partial charge < -0.3 is 20.3 Å². The van der Waals surface area contributed by atoms with Crippen molar-refractivity contribution < 1.29 is 4.92 Å². The van der Waals surface area contributed by atoms with E-state index >= 15 is 0 Å². The molecule has 110 valence electrons. The molecular weight excluding hydrogens is 256 g/mol. The average molecular weight is 278 g/mol. The van der Waals surface area contributed by atoms with Crippen molar-refractivity contribution in [2.45, 2.75) is 26.2 Å². The lowest BCUT2D eigenvalue weighted by Crippen LogP contribution is -2.35. The van der Waals surface area contributed by atoms with E-state index in [1.54, 1.807) is 12.1 Å². The van der Waals surface area contributed by atoms with Crippen LogP contribution in [0.5, 0.6) is 0 Å². The molecule has 0 aliphatic carbocycles. The SMILES string of the molecule is CC(CNc1cccnc1[N+](=O)[O-])CN1CCCCC1.